The Labute approximate surface area is 114 Å². The van der Waals surface area contributed by atoms with Crippen molar-refractivity contribution in [2.24, 2.45) is 5.92 Å². The van der Waals surface area contributed by atoms with Gasteiger partial charge >= 0.3 is 6.03 Å². The second-order valence-corrected chi connectivity index (χ2v) is 5.60. The summed E-state index contributed by atoms with van der Waals surface area (Å²) in [5, 5.41) is 18.0. The maximum absolute atomic E-state index is 11.6. The molecule has 19 heavy (non-hydrogen) atoms. The predicted octanol–water partition coefficient (Wildman–Crippen LogP) is 0.361. The Balaban J connectivity index is 2.38. The monoisotopic (exact) mass is 271 g/mol. The Morgan fingerprint density at radius 1 is 1.47 bits per heavy atom. The Bertz CT molecular complexity index is 335. The highest BCUT2D eigenvalue weighted by molar-refractivity contribution is 5.96. The molecule has 0 aliphatic heterocycles. The average molecular weight is 271 g/mol. The van der Waals surface area contributed by atoms with Crippen LogP contribution in [0.25, 0.3) is 0 Å². The lowest BCUT2D eigenvalue weighted by Crippen LogP contribution is -2.52. The zero-order valence-corrected chi connectivity index (χ0v) is 12.0. The van der Waals surface area contributed by atoms with Gasteiger partial charge in [-0.3, -0.25) is 10.1 Å². The second-order valence-electron chi connectivity index (χ2n) is 5.60. The number of nitrogens with one attached hydrogen (secondary N) is 3. The van der Waals surface area contributed by atoms with Crippen molar-refractivity contribution in [2.45, 2.75) is 51.2 Å². The van der Waals surface area contributed by atoms with Gasteiger partial charge in [-0.1, -0.05) is 19.8 Å². The largest absolute Gasteiger partial charge is 0.389 e. The molecule has 6 heteroatoms. The van der Waals surface area contributed by atoms with Crippen LogP contribution in [-0.4, -0.2) is 42.3 Å². The van der Waals surface area contributed by atoms with Crippen LogP contribution < -0.4 is 16.0 Å². The molecule has 0 aromatic carbocycles. The molecule has 0 spiro atoms. The molecule has 0 aromatic rings. The molecule has 6 nitrogen and oxygen atoms in total. The van der Waals surface area contributed by atoms with Crippen molar-refractivity contribution in [2.75, 3.05) is 13.6 Å². The van der Waals surface area contributed by atoms with Gasteiger partial charge in [0.1, 0.15) is 0 Å². The number of hydrogen-bond acceptors (Lipinski definition) is 4. The summed E-state index contributed by atoms with van der Waals surface area (Å²) in [4.78, 5) is 22.7. The highest BCUT2D eigenvalue weighted by Crippen LogP contribution is 2.31. The van der Waals surface area contributed by atoms with E-state index >= 15 is 0 Å². The molecule has 3 atom stereocenters. The van der Waals surface area contributed by atoms with Gasteiger partial charge in [-0.2, -0.15) is 0 Å². The summed E-state index contributed by atoms with van der Waals surface area (Å²) < 4.78 is 0. The van der Waals surface area contributed by atoms with Crippen molar-refractivity contribution in [1.29, 1.82) is 0 Å². The van der Waals surface area contributed by atoms with Crippen LogP contribution in [0.1, 0.15) is 39.5 Å². The minimum atomic E-state index is -0.737. The van der Waals surface area contributed by atoms with Crippen LogP contribution in [-0.2, 0) is 4.79 Å². The van der Waals surface area contributed by atoms with E-state index < -0.39 is 23.6 Å². The molecule has 3 amide bonds. The Hall–Kier alpha value is -1.14. The molecule has 0 radical (unpaired) electrons. The second kappa shape index (κ2) is 6.86. The third-order valence-electron chi connectivity index (χ3n) is 3.66. The van der Waals surface area contributed by atoms with Crippen LogP contribution >= 0.6 is 0 Å². The van der Waals surface area contributed by atoms with Crippen LogP contribution in [0, 0.1) is 5.92 Å². The number of hydrogen-bond donors (Lipinski definition) is 4. The van der Waals surface area contributed by atoms with Crippen LogP contribution in [0.2, 0.25) is 0 Å². The average Bonchev–Trinajstić information content (AvgIpc) is 2.35. The first kappa shape index (κ1) is 15.9. The van der Waals surface area contributed by atoms with E-state index in [1.165, 1.54) is 7.05 Å². The smallest absolute Gasteiger partial charge is 0.321 e. The summed E-state index contributed by atoms with van der Waals surface area (Å²) in [6, 6.07) is -1.04. The molecule has 1 fully saturated rings. The fourth-order valence-electron chi connectivity index (χ4n) is 2.51. The standard InChI is InChI=1S/C13H25N3O3/c1-9-5-4-6-13(19,7-9)8-15-10(2)11(17)16-12(18)14-3/h9-10,15,19H,4-8H2,1-3H3,(H2,14,16,17,18). The molecule has 1 aliphatic rings. The van der Waals surface area contributed by atoms with Gasteiger partial charge in [0.15, 0.2) is 0 Å². The summed E-state index contributed by atoms with van der Waals surface area (Å²) in [6.07, 6.45) is 3.67. The van der Waals surface area contributed by atoms with Crippen LogP contribution in [0.5, 0.6) is 0 Å². The van der Waals surface area contributed by atoms with E-state index in [0.29, 0.717) is 12.5 Å². The number of amides is 3. The highest BCUT2D eigenvalue weighted by atomic mass is 16.3. The normalized spacial score (nSPS) is 28.5. The summed E-state index contributed by atoms with van der Waals surface area (Å²) in [5.41, 5.74) is -0.737. The van der Waals surface area contributed by atoms with E-state index in [1.807, 2.05) is 0 Å². The van der Waals surface area contributed by atoms with Crippen LogP contribution in [0.15, 0.2) is 0 Å². The lowest BCUT2D eigenvalue weighted by atomic mass is 9.79. The molecule has 1 aliphatic carbocycles. The number of imide groups is 1. The molecular formula is C13H25N3O3. The lowest BCUT2D eigenvalue weighted by molar-refractivity contribution is -0.122. The quantitative estimate of drug-likeness (QED) is 0.594. The fourth-order valence-corrected chi connectivity index (χ4v) is 2.51. The van der Waals surface area contributed by atoms with E-state index in [4.69, 9.17) is 0 Å². The van der Waals surface area contributed by atoms with Gasteiger partial charge in [0.2, 0.25) is 5.91 Å². The maximum atomic E-state index is 11.6. The Kier molecular flexibility index (Phi) is 5.75. The summed E-state index contributed by atoms with van der Waals surface area (Å²) in [5.74, 6) is 0.113. The Morgan fingerprint density at radius 2 is 2.16 bits per heavy atom. The first-order valence-corrected chi connectivity index (χ1v) is 6.84. The SMILES string of the molecule is CNC(=O)NC(=O)C(C)NCC1(O)CCCC(C)C1. The number of aliphatic hydroxyl groups is 1. The van der Waals surface area contributed by atoms with Crippen LogP contribution in [0.4, 0.5) is 4.79 Å². The van der Waals surface area contributed by atoms with Crippen molar-refractivity contribution in [3.8, 4) is 0 Å². The predicted molar refractivity (Wildman–Crippen MR) is 72.6 cm³/mol. The molecule has 0 saturated heterocycles. The van der Waals surface area contributed by atoms with Gasteiger partial charge in [0.25, 0.3) is 0 Å². The number of carbonyl (C=O) groups is 2. The molecule has 4 N–H and O–H groups in total. The van der Waals surface area contributed by atoms with Crippen molar-refractivity contribution in [1.82, 2.24) is 16.0 Å². The van der Waals surface area contributed by atoms with Crippen molar-refractivity contribution in [3.63, 3.8) is 0 Å². The first-order chi connectivity index (χ1) is 8.86. The Morgan fingerprint density at radius 3 is 2.74 bits per heavy atom. The third kappa shape index (κ3) is 5.16. The minimum absolute atomic E-state index is 0.375. The molecule has 3 unspecified atom stereocenters. The van der Waals surface area contributed by atoms with Crippen LogP contribution in [0.3, 0.4) is 0 Å². The summed E-state index contributed by atoms with van der Waals surface area (Å²) >= 11 is 0. The molecule has 1 saturated carbocycles. The molecular weight excluding hydrogens is 246 g/mol. The van der Waals surface area contributed by atoms with Crippen molar-refractivity contribution >= 4 is 11.9 Å². The fraction of sp³-hybridized carbons (Fsp3) is 0.846. The van der Waals surface area contributed by atoms with Gasteiger partial charge in [-0.15, -0.1) is 0 Å². The summed E-state index contributed by atoms with van der Waals surface area (Å²) in [7, 11) is 1.45. The molecule has 0 aromatic heterocycles. The lowest BCUT2D eigenvalue weighted by Gasteiger charge is -2.36. The maximum Gasteiger partial charge on any atom is 0.321 e. The number of urea groups is 1. The van der Waals surface area contributed by atoms with Gasteiger partial charge < -0.3 is 15.7 Å². The molecule has 0 bridgehead atoms. The van der Waals surface area contributed by atoms with Gasteiger partial charge in [-0.25, -0.2) is 4.79 Å². The van der Waals surface area contributed by atoms with Gasteiger partial charge in [0.05, 0.1) is 11.6 Å². The van der Waals surface area contributed by atoms with Crippen molar-refractivity contribution < 1.29 is 14.7 Å². The number of carbonyl (C=O) groups excluding carboxylic acids is 2. The molecule has 1 rings (SSSR count). The number of rotatable bonds is 4. The van der Waals surface area contributed by atoms with Gasteiger partial charge in [-0.05, 0) is 25.7 Å². The topological polar surface area (TPSA) is 90.5 Å². The molecule has 110 valence electrons. The summed E-state index contributed by atoms with van der Waals surface area (Å²) in [6.45, 7) is 4.18. The molecule has 0 heterocycles. The van der Waals surface area contributed by atoms with E-state index in [0.717, 1.165) is 25.7 Å². The van der Waals surface area contributed by atoms with E-state index in [1.54, 1.807) is 6.92 Å². The highest BCUT2D eigenvalue weighted by Gasteiger charge is 2.33. The third-order valence-corrected chi connectivity index (χ3v) is 3.66. The van der Waals surface area contributed by atoms with E-state index in [-0.39, 0.29) is 0 Å². The van der Waals surface area contributed by atoms with Gasteiger partial charge in [0, 0.05) is 13.6 Å². The zero-order chi connectivity index (χ0) is 14.5. The first-order valence-electron chi connectivity index (χ1n) is 6.84. The van der Waals surface area contributed by atoms with Crippen molar-refractivity contribution in [3.05, 3.63) is 0 Å². The minimum Gasteiger partial charge on any atom is -0.389 e. The zero-order valence-electron chi connectivity index (χ0n) is 12.0. The van der Waals surface area contributed by atoms with E-state index in [9.17, 15) is 14.7 Å². The van der Waals surface area contributed by atoms with E-state index in [2.05, 4.69) is 22.9 Å².